The molecule has 0 saturated carbocycles. The lowest BCUT2D eigenvalue weighted by Gasteiger charge is -2.19. The third-order valence-corrected chi connectivity index (χ3v) is 2.59. The summed E-state index contributed by atoms with van der Waals surface area (Å²) in [6.45, 7) is 6.30. The fourth-order valence-corrected chi connectivity index (χ4v) is 1.90. The molecule has 0 saturated heterocycles. The third-order valence-electron chi connectivity index (χ3n) is 2.59. The Bertz CT molecular complexity index is 576. The summed E-state index contributed by atoms with van der Waals surface area (Å²) in [7, 11) is 0. The second kappa shape index (κ2) is 6.15. The molecule has 1 aromatic carbocycles. The summed E-state index contributed by atoms with van der Waals surface area (Å²) in [5.74, 6) is 0.0304. The maximum Gasteiger partial charge on any atom is 0.286 e. The number of fused-ring (bicyclic) bond motifs is 1. The van der Waals surface area contributed by atoms with Crippen LogP contribution in [0.2, 0.25) is 0 Å². The van der Waals surface area contributed by atoms with Crippen LogP contribution in [-0.4, -0.2) is 11.4 Å². The van der Waals surface area contributed by atoms with Crippen LogP contribution in [0.3, 0.4) is 0 Å². The molecule has 0 aliphatic heterocycles. The molecule has 1 heterocycles. The van der Waals surface area contributed by atoms with Gasteiger partial charge >= 0.3 is 0 Å². The summed E-state index contributed by atoms with van der Waals surface area (Å²) in [5, 5.41) is 5.28. The van der Waals surface area contributed by atoms with Gasteiger partial charge in [-0.05, 0) is 32.2 Å². The van der Waals surface area contributed by atoms with Crippen LogP contribution in [0.5, 0.6) is 0 Å². The average Bonchev–Trinajstić information content (AvgIpc) is 2.26. The third kappa shape index (κ3) is 4.63. The molecular weight excluding hydrogens is 304 g/mol. The lowest BCUT2D eigenvalue weighted by atomic mass is 10.1. The molecule has 2 rings (SSSR count). The van der Waals surface area contributed by atoms with E-state index in [9.17, 15) is 4.79 Å². The van der Waals surface area contributed by atoms with Crippen molar-refractivity contribution < 1.29 is 26.3 Å². The SMILES string of the molecule is CC(C)(C)NC(=O)C[n+]1ccc2ccccc2c1.[Br-]. The zero-order valence-corrected chi connectivity index (χ0v) is 13.1. The predicted molar refractivity (Wildman–Crippen MR) is 72.0 cm³/mol. The van der Waals surface area contributed by atoms with Crippen LogP contribution in [0.15, 0.2) is 42.7 Å². The highest BCUT2D eigenvalue weighted by Gasteiger charge is 2.17. The van der Waals surface area contributed by atoms with Crippen LogP contribution in [0, 0.1) is 0 Å². The van der Waals surface area contributed by atoms with Gasteiger partial charge in [0.05, 0.1) is 0 Å². The molecule has 0 fully saturated rings. The van der Waals surface area contributed by atoms with Crippen molar-refractivity contribution >= 4 is 16.7 Å². The van der Waals surface area contributed by atoms with Gasteiger partial charge in [-0.1, -0.05) is 18.2 Å². The molecule has 0 spiro atoms. The number of aromatic nitrogens is 1. The van der Waals surface area contributed by atoms with E-state index in [2.05, 4.69) is 11.4 Å². The number of hydrogen-bond acceptors (Lipinski definition) is 1. The van der Waals surface area contributed by atoms with E-state index >= 15 is 0 Å². The smallest absolute Gasteiger partial charge is 0.286 e. The van der Waals surface area contributed by atoms with Gasteiger partial charge in [0.2, 0.25) is 6.54 Å². The fourth-order valence-electron chi connectivity index (χ4n) is 1.90. The van der Waals surface area contributed by atoms with E-state index in [-0.39, 0.29) is 28.4 Å². The Morgan fingerprint density at radius 3 is 2.42 bits per heavy atom. The molecule has 3 nitrogen and oxygen atoms in total. The second-order valence-corrected chi connectivity index (χ2v) is 5.54. The first-order chi connectivity index (χ1) is 8.44. The summed E-state index contributed by atoms with van der Waals surface area (Å²) in [5.41, 5.74) is -0.186. The Kier molecular flexibility index (Phi) is 5.06. The monoisotopic (exact) mass is 322 g/mol. The van der Waals surface area contributed by atoms with Crippen LogP contribution in [0.25, 0.3) is 10.8 Å². The summed E-state index contributed by atoms with van der Waals surface area (Å²) >= 11 is 0. The number of carbonyl (C=O) groups is 1. The number of nitrogens with zero attached hydrogens (tertiary/aromatic N) is 1. The van der Waals surface area contributed by atoms with Gasteiger partial charge in [0, 0.05) is 17.0 Å². The minimum Gasteiger partial charge on any atom is -1.00 e. The molecule has 0 aliphatic carbocycles. The first kappa shape index (κ1) is 15.6. The molecule has 0 aliphatic rings. The summed E-state index contributed by atoms with van der Waals surface area (Å²) in [4.78, 5) is 11.8. The lowest BCUT2D eigenvalue weighted by Crippen LogP contribution is -3.00. The van der Waals surface area contributed by atoms with Gasteiger partial charge in [-0.3, -0.25) is 4.79 Å². The predicted octanol–water partition coefficient (Wildman–Crippen LogP) is -0.954. The molecule has 0 atom stereocenters. The van der Waals surface area contributed by atoms with E-state index in [0.717, 1.165) is 5.39 Å². The zero-order chi connectivity index (χ0) is 13.2. The van der Waals surface area contributed by atoms with Crippen molar-refractivity contribution in [1.29, 1.82) is 0 Å². The molecule has 0 unspecified atom stereocenters. The van der Waals surface area contributed by atoms with Crippen molar-refractivity contribution in [3.63, 3.8) is 0 Å². The standard InChI is InChI=1S/C15H18N2O.BrH/c1-15(2,3)16-14(18)11-17-9-8-12-6-4-5-7-13(12)10-17;/h4-10H,11H2,1-3H3;1H. The molecule has 0 bridgehead atoms. The Balaban J connectivity index is 0.00000180. The van der Waals surface area contributed by atoms with Crippen LogP contribution in [0.4, 0.5) is 0 Å². The van der Waals surface area contributed by atoms with Crippen LogP contribution >= 0.6 is 0 Å². The molecule has 1 aromatic heterocycles. The first-order valence-electron chi connectivity index (χ1n) is 6.13. The second-order valence-electron chi connectivity index (χ2n) is 5.54. The van der Waals surface area contributed by atoms with E-state index in [0.29, 0.717) is 6.54 Å². The van der Waals surface area contributed by atoms with E-state index < -0.39 is 0 Å². The molecule has 1 N–H and O–H groups in total. The highest BCUT2D eigenvalue weighted by Crippen LogP contribution is 2.09. The minimum absolute atomic E-state index is 0. The van der Waals surface area contributed by atoms with Gasteiger partial charge < -0.3 is 22.3 Å². The van der Waals surface area contributed by atoms with Crippen molar-refractivity contribution in [3.05, 3.63) is 42.7 Å². The number of halogens is 1. The Labute approximate surface area is 124 Å². The van der Waals surface area contributed by atoms with E-state index in [1.807, 2.05) is 62.0 Å². The largest absolute Gasteiger partial charge is 1.00 e. The summed E-state index contributed by atoms with van der Waals surface area (Å²) in [6, 6.07) is 10.2. The summed E-state index contributed by atoms with van der Waals surface area (Å²) < 4.78 is 1.91. The van der Waals surface area contributed by atoms with Gasteiger partial charge in [-0.25, -0.2) is 0 Å². The Hall–Kier alpha value is -1.42. The number of carbonyl (C=O) groups excluding carboxylic acids is 1. The van der Waals surface area contributed by atoms with Crippen molar-refractivity contribution in [1.82, 2.24) is 5.32 Å². The quantitative estimate of drug-likeness (QED) is 0.710. The number of amides is 1. The van der Waals surface area contributed by atoms with E-state index in [1.54, 1.807) is 0 Å². The highest BCUT2D eigenvalue weighted by molar-refractivity contribution is 5.80. The summed E-state index contributed by atoms with van der Waals surface area (Å²) in [6.07, 6.45) is 3.93. The number of nitrogens with one attached hydrogen (secondary N) is 1. The van der Waals surface area contributed by atoms with Gasteiger partial charge in [0.25, 0.3) is 5.91 Å². The van der Waals surface area contributed by atoms with Crippen molar-refractivity contribution in [2.24, 2.45) is 0 Å². The fraction of sp³-hybridized carbons (Fsp3) is 0.333. The molecule has 4 heteroatoms. The average molecular weight is 323 g/mol. The lowest BCUT2D eigenvalue weighted by molar-refractivity contribution is -0.683. The molecule has 1 amide bonds. The number of rotatable bonds is 2. The molecule has 19 heavy (non-hydrogen) atoms. The highest BCUT2D eigenvalue weighted by atomic mass is 79.9. The number of hydrogen-bond donors (Lipinski definition) is 1. The topological polar surface area (TPSA) is 33.0 Å². The van der Waals surface area contributed by atoms with Crippen LogP contribution in [-0.2, 0) is 11.3 Å². The molecular formula is C15H19BrN2O. The Morgan fingerprint density at radius 1 is 1.16 bits per heavy atom. The van der Waals surface area contributed by atoms with E-state index in [4.69, 9.17) is 0 Å². The van der Waals surface area contributed by atoms with Gasteiger partial charge in [0.15, 0.2) is 12.4 Å². The van der Waals surface area contributed by atoms with Crippen molar-refractivity contribution in [2.75, 3.05) is 0 Å². The maximum atomic E-state index is 11.8. The zero-order valence-electron chi connectivity index (χ0n) is 11.5. The molecule has 2 aromatic rings. The van der Waals surface area contributed by atoms with E-state index in [1.165, 1.54) is 5.39 Å². The maximum absolute atomic E-state index is 11.8. The first-order valence-corrected chi connectivity index (χ1v) is 6.13. The van der Waals surface area contributed by atoms with Crippen molar-refractivity contribution in [3.8, 4) is 0 Å². The van der Waals surface area contributed by atoms with Crippen LogP contribution in [0.1, 0.15) is 20.8 Å². The minimum atomic E-state index is -0.186. The van der Waals surface area contributed by atoms with Gasteiger partial charge in [0.1, 0.15) is 0 Å². The Morgan fingerprint density at radius 2 is 1.79 bits per heavy atom. The normalized spacial score (nSPS) is 10.9. The van der Waals surface area contributed by atoms with Crippen molar-refractivity contribution in [2.45, 2.75) is 32.9 Å². The van der Waals surface area contributed by atoms with Crippen LogP contribution < -0.4 is 26.9 Å². The van der Waals surface area contributed by atoms with Gasteiger partial charge in [-0.2, -0.15) is 4.57 Å². The molecule has 0 radical (unpaired) electrons. The van der Waals surface area contributed by atoms with Gasteiger partial charge in [-0.15, -0.1) is 0 Å². The number of benzene rings is 1. The molecule has 102 valence electrons. The number of pyridine rings is 1.